The molecule has 7 nitrogen and oxygen atoms in total. The van der Waals surface area contributed by atoms with Gasteiger partial charge in [-0.2, -0.15) is 0 Å². The fourth-order valence-corrected chi connectivity index (χ4v) is 3.74. The summed E-state index contributed by atoms with van der Waals surface area (Å²) in [6.07, 6.45) is 5.51. The topological polar surface area (TPSA) is 93.5 Å². The van der Waals surface area contributed by atoms with Crippen LogP contribution in [-0.2, 0) is 0 Å². The molecule has 2 amide bonds. The lowest BCUT2D eigenvalue weighted by Crippen LogP contribution is -2.36. The Hall–Kier alpha value is -2.83. The van der Waals surface area contributed by atoms with Crippen molar-refractivity contribution in [3.05, 3.63) is 47.2 Å². The van der Waals surface area contributed by atoms with Crippen molar-refractivity contribution in [2.75, 3.05) is 7.11 Å². The van der Waals surface area contributed by atoms with E-state index in [4.69, 9.17) is 9.15 Å². The molecule has 1 saturated carbocycles. The Labute approximate surface area is 177 Å². The minimum atomic E-state index is -0.450. The molecule has 0 bridgehead atoms. The molecule has 0 saturated heterocycles. The van der Waals surface area contributed by atoms with Crippen molar-refractivity contribution in [3.8, 4) is 5.75 Å². The quantitative estimate of drug-likeness (QED) is 0.710. The van der Waals surface area contributed by atoms with Crippen molar-refractivity contribution in [1.82, 2.24) is 15.6 Å². The zero-order chi connectivity index (χ0) is 21.7. The Morgan fingerprint density at radius 1 is 1.10 bits per heavy atom. The number of rotatable bonds is 7. The van der Waals surface area contributed by atoms with Crippen molar-refractivity contribution in [2.45, 2.75) is 65.0 Å². The normalized spacial score (nSPS) is 15.6. The molecular weight excluding hydrogens is 382 g/mol. The molecule has 2 aromatic rings. The van der Waals surface area contributed by atoms with Crippen LogP contribution < -0.4 is 15.4 Å². The Morgan fingerprint density at radius 3 is 2.37 bits per heavy atom. The van der Waals surface area contributed by atoms with Gasteiger partial charge in [0.05, 0.1) is 7.11 Å². The smallest absolute Gasteiger partial charge is 0.273 e. The summed E-state index contributed by atoms with van der Waals surface area (Å²) < 4.78 is 11.0. The second-order valence-electron chi connectivity index (χ2n) is 8.19. The van der Waals surface area contributed by atoms with Crippen LogP contribution in [0.15, 0.2) is 28.7 Å². The molecule has 0 aliphatic heterocycles. The second-order valence-corrected chi connectivity index (χ2v) is 8.19. The number of methoxy groups -OCH3 is 1. The number of carbonyl (C=O) groups is 2. The van der Waals surface area contributed by atoms with E-state index in [0.29, 0.717) is 28.7 Å². The summed E-state index contributed by atoms with van der Waals surface area (Å²) in [5.74, 6) is 1.07. The highest BCUT2D eigenvalue weighted by Gasteiger charge is 2.28. The maximum absolute atomic E-state index is 12.7. The minimum absolute atomic E-state index is 0.0273. The van der Waals surface area contributed by atoms with E-state index in [1.54, 1.807) is 38.3 Å². The molecule has 1 aromatic carbocycles. The summed E-state index contributed by atoms with van der Waals surface area (Å²) in [4.78, 5) is 29.9. The molecule has 2 N–H and O–H groups in total. The predicted octanol–water partition coefficient (Wildman–Crippen LogP) is 4.18. The first kappa shape index (κ1) is 21.9. The SMILES string of the molecule is COc1ccc(C(=O)N[C@H](c2nc(C(=O)NC3CCCCC3)c(C)o2)C(C)C)cc1. The van der Waals surface area contributed by atoms with E-state index in [2.05, 4.69) is 15.6 Å². The number of nitrogens with zero attached hydrogens (tertiary/aromatic N) is 1. The standard InChI is InChI=1S/C23H31N3O4/c1-14(2)19(25-21(27)16-10-12-18(29-4)13-11-16)23-26-20(15(3)30-23)22(28)24-17-8-6-5-7-9-17/h10-14,17,19H,5-9H2,1-4H3,(H,24,28)(H,25,27)/t19-/m0/s1. The van der Waals surface area contributed by atoms with E-state index in [-0.39, 0.29) is 23.8 Å². The molecule has 162 valence electrons. The van der Waals surface area contributed by atoms with Gasteiger partial charge in [0.15, 0.2) is 5.69 Å². The number of amides is 2. The zero-order valence-corrected chi connectivity index (χ0v) is 18.2. The van der Waals surface area contributed by atoms with Gasteiger partial charge in [-0.05, 0) is 49.9 Å². The van der Waals surface area contributed by atoms with Crippen LogP contribution in [0.4, 0.5) is 0 Å². The second kappa shape index (κ2) is 9.78. The number of carbonyl (C=O) groups excluding carboxylic acids is 2. The van der Waals surface area contributed by atoms with Crippen LogP contribution in [0.5, 0.6) is 5.75 Å². The lowest BCUT2D eigenvalue weighted by atomic mass is 9.95. The molecule has 7 heteroatoms. The maximum atomic E-state index is 12.7. The van der Waals surface area contributed by atoms with E-state index in [1.165, 1.54) is 6.42 Å². The van der Waals surface area contributed by atoms with Crippen molar-refractivity contribution in [1.29, 1.82) is 0 Å². The molecule has 1 atom stereocenters. The summed E-state index contributed by atoms with van der Waals surface area (Å²) in [7, 11) is 1.58. The van der Waals surface area contributed by atoms with Crippen LogP contribution in [0.2, 0.25) is 0 Å². The van der Waals surface area contributed by atoms with Gasteiger partial charge >= 0.3 is 0 Å². The van der Waals surface area contributed by atoms with Crippen LogP contribution in [0.25, 0.3) is 0 Å². The average Bonchev–Trinajstić information content (AvgIpc) is 3.13. The fraction of sp³-hybridized carbons (Fsp3) is 0.522. The van der Waals surface area contributed by atoms with Gasteiger partial charge in [0.1, 0.15) is 17.6 Å². The number of hydrogen-bond acceptors (Lipinski definition) is 5. The summed E-state index contributed by atoms with van der Waals surface area (Å²) in [6, 6.07) is 6.63. The number of aromatic nitrogens is 1. The third kappa shape index (κ3) is 5.20. The molecule has 1 aliphatic carbocycles. The van der Waals surface area contributed by atoms with Gasteiger partial charge in [-0.15, -0.1) is 0 Å². The summed E-state index contributed by atoms with van der Waals surface area (Å²) in [5.41, 5.74) is 0.805. The molecule has 1 aliphatic rings. The molecular formula is C23H31N3O4. The predicted molar refractivity (Wildman–Crippen MR) is 114 cm³/mol. The highest BCUT2D eigenvalue weighted by Crippen LogP contribution is 2.25. The Bertz CT molecular complexity index is 867. The number of aryl methyl sites for hydroxylation is 1. The van der Waals surface area contributed by atoms with Gasteiger partial charge in [-0.25, -0.2) is 4.98 Å². The molecule has 0 unspecified atom stereocenters. The van der Waals surface area contributed by atoms with Gasteiger partial charge in [0, 0.05) is 11.6 Å². The monoisotopic (exact) mass is 413 g/mol. The van der Waals surface area contributed by atoms with Crippen LogP contribution in [0.3, 0.4) is 0 Å². The van der Waals surface area contributed by atoms with Gasteiger partial charge in [-0.3, -0.25) is 9.59 Å². The first-order valence-corrected chi connectivity index (χ1v) is 10.6. The van der Waals surface area contributed by atoms with Crippen molar-refractivity contribution in [3.63, 3.8) is 0 Å². The van der Waals surface area contributed by atoms with E-state index >= 15 is 0 Å². The summed E-state index contributed by atoms with van der Waals surface area (Å²) in [6.45, 7) is 5.68. The zero-order valence-electron chi connectivity index (χ0n) is 18.2. The van der Waals surface area contributed by atoms with Crippen molar-refractivity contribution >= 4 is 11.8 Å². The lowest BCUT2D eigenvalue weighted by molar-refractivity contribution is 0.0912. The minimum Gasteiger partial charge on any atom is -0.497 e. The number of ether oxygens (including phenoxy) is 1. The highest BCUT2D eigenvalue weighted by molar-refractivity contribution is 5.95. The van der Waals surface area contributed by atoms with Crippen molar-refractivity contribution < 1.29 is 18.7 Å². The first-order valence-electron chi connectivity index (χ1n) is 10.6. The largest absolute Gasteiger partial charge is 0.497 e. The maximum Gasteiger partial charge on any atom is 0.273 e. The molecule has 1 heterocycles. The van der Waals surface area contributed by atoms with Crippen molar-refractivity contribution in [2.24, 2.45) is 5.92 Å². The van der Waals surface area contributed by atoms with E-state index in [9.17, 15) is 9.59 Å². The van der Waals surface area contributed by atoms with Crippen LogP contribution in [0, 0.1) is 12.8 Å². The Balaban J connectivity index is 1.73. The fourth-order valence-electron chi connectivity index (χ4n) is 3.74. The van der Waals surface area contributed by atoms with Crippen LogP contribution >= 0.6 is 0 Å². The van der Waals surface area contributed by atoms with Crippen LogP contribution in [-0.4, -0.2) is 29.9 Å². The summed E-state index contributed by atoms with van der Waals surface area (Å²) >= 11 is 0. The van der Waals surface area contributed by atoms with Gasteiger partial charge in [0.2, 0.25) is 5.89 Å². The van der Waals surface area contributed by atoms with Gasteiger partial charge in [-0.1, -0.05) is 33.1 Å². The van der Waals surface area contributed by atoms with Crippen LogP contribution in [0.1, 0.15) is 84.5 Å². The Kier molecular flexibility index (Phi) is 7.13. The molecule has 3 rings (SSSR count). The van der Waals surface area contributed by atoms with Gasteiger partial charge < -0.3 is 19.8 Å². The number of benzene rings is 1. The molecule has 1 aromatic heterocycles. The van der Waals surface area contributed by atoms with Gasteiger partial charge in [0.25, 0.3) is 11.8 Å². The average molecular weight is 414 g/mol. The summed E-state index contributed by atoms with van der Waals surface area (Å²) in [5, 5.41) is 6.05. The molecule has 30 heavy (non-hydrogen) atoms. The third-order valence-electron chi connectivity index (χ3n) is 5.54. The number of nitrogens with one attached hydrogen (secondary N) is 2. The van der Waals surface area contributed by atoms with E-state index < -0.39 is 6.04 Å². The molecule has 1 fully saturated rings. The van der Waals surface area contributed by atoms with E-state index in [0.717, 1.165) is 25.7 Å². The number of oxazole rings is 1. The Morgan fingerprint density at radius 2 is 1.77 bits per heavy atom. The van der Waals surface area contributed by atoms with E-state index in [1.807, 2.05) is 13.8 Å². The molecule has 0 spiro atoms. The first-order chi connectivity index (χ1) is 14.4. The third-order valence-corrected chi connectivity index (χ3v) is 5.54. The number of hydrogen-bond donors (Lipinski definition) is 2. The molecule has 0 radical (unpaired) electrons. The lowest BCUT2D eigenvalue weighted by Gasteiger charge is -2.22. The highest BCUT2D eigenvalue weighted by atomic mass is 16.5.